The molecule has 0 aliphatic carbocycles. The van der Waals surface area contributed by atoms with Gasteiger partial charge in [0.25, 0.3) is 5.91 Å². The first-order valence-corrected chi connectivity index (χ1v) is 10.1. The molecule has 3 heterocycles. The van der Waals surface area contributed by atoms with Crippen LogP contribution in [-0.4, -0.2) is 99.2 Å². The molecule has 0 saturated carbocycles. The molecule has 30 heavy (non-hydrogen) atoms. The zero-order valence-electron chi connectivity index (χ0n) is 18.2. The van der Waals surface area contributed by atoms with Gasteiger partial charge in [0.15, 0.2) is 12.2 Å². The van der Waals surface area contributed by atoms with E-state index in [4.69, 9.17) is 4.99 Å². The lowest BCUT2D eigenvalue weighted by Gasteiger charge is -2.45. The van der Waals surface area contributed by atoms with E-state index in [0.29, 0.717) is 25.6 Å². The second-order valence-electron chi connectivity index (χ2n) is 8.81. The van der Waals surface area contributed by atoms with E-state index in [-0.39, 0.29) is 6.04 Å². The molecule has 0 aromatic rings. The molecule has 3 aliphatic heterocycles. The number of amides is 4. The third-order valence-electron chi connectivity index (χ3n) is 5.74. The van der Waals surface area contributed by atoms with Crippen LogP contribution in [-0.2, 0) is 4.79 Å². The molecule has 0 aromatic heterocycles. The maximum atomic E-state index is 12.6. The minimum Gasteiger partial charge on any atom is -0.465 e. The zero-order chi connectivity index (χ0) is 22.2. The molecule has 3 atom stereocenters. The normalized spacial score (nSPS) is 26.5. The number of urea groups is 1. The predicted molar refractivity (Wildman–Crippen MR) is 111 cm³/mol. The van der Waals surface area contributed by atoms with Crippen LogP contribution in [0, 0.1) is 11.8 Å². The molecule has 10 heteroatoms. The van der Waals surface area contributed by atoms with Crippen molar-refractivity contribution in [3.8, 4) is 11.8 Å². The van der Waals surface area contributed by atoms with Crippen LogP contribution >= 0.6 is 0 Å². The number of likely N-dealkylation sites (tertiary alicyclic amines) is 1. The van der Waals surface area contributed by atoms with Crippen molar-refractivity contribution in [2.75, 3.05) is 26.7 Å². The van der Waals surface area contributed by atoms with Crippen LogP contribution < -0.4 is 5.32 Å². The fraction of sp³-hybridized carbons (Fsp3) is 0.700. The number of guanidine groups is 1. The lowest BCUT2D eigenvalue weighted by molar-refractivity contribution is -0.127. The first-order chi connectivity index (χ1) is 14.1. The standard InChI is InChI=1S/C20H30N6O4/c1-6-7-11-25-14-15(23(5)18(28)22-16(14)27)21-17(25)24-10-8-9-13(12-24)26(19(29)30)20(2,3)4/h13-15H,8-12H2,1-5H3,(H,29,30)(H,22,27,28)/t13-,14?,15?/m1/s1. The fourth-order valence-electron chi connectivity index (χ4n) is 4.45. The number of carboxylic acid groups (broad SMARTS) is 1. The van der Waals surface area contributed by atoms with E-state index >= 15 is 0 Å². The van der Waals surface area contributed by atoms with Crippen molar-refractivity contribution < 1.29 is 19.5 Å². The summed E-state index contributed by atoms with van der Waals surface area (Å²) >= 11 is 0. The molecule has 3 aliphatic rings. The van der Waals surface area contributed by atoms with E-state index in [9.17, 15) is 19.5 Å². The highest BCUT2D eigenvalue weighted by molar-refractivity contribution is 6.03. The van der Waals surface area contributed by atoms with E-state index in [1.165, 1.54) is 9.80 Å². The molecule has 0 bridgehead atoms. The van der Waals surface area contributed by atoms with Crippen molar-refractivity contribution in [1.82, 2.24) is 24.9 Å². The summed E-state index contributed by atoms with van der Waals surface area (Å²) in [5.74, 6) is 6.04. The third kappa shape index (κ3) is 3.88. The van der Waals surface area contributed by atoms with Gasteiger partial charge in [0, 0.05) is 25.7 Å². The van der Waals surface area contributed by atoms with Gasteiger partial charge in [-0.15, -0.1) is 5.92 Å². The molecule has 2 fully saturated rings. The topological polar surface area (TPSA) is 109 Å². The molecule has 2 N–H and O–H groups in total. The van der Waals surface area contributed by atoms with E-state index in [0.717, 1.165) is 12.8 Å². The van der Waals surface area contributed by atoms with Gasteiger partial charge < -0.3 is 19.8 Å². The summed E-state index contributed by atoms with van der Waals surface area (Å²) in [6.45, 7) is 8.85. The Balaban J connectivity index is 1.91. The van der Waals surface area contributed by atoms with Gasteiger partial charge in [0.2, 0.25) is 5.96 Å². The van der Waals surface area contributed by atoms with Crippen LogP contribution in [0.3, 0.4) is 0 Å². The molecule has 3 rings (SSSR count). The Hall–Kier alpha value is -2.96. The number of fused-ring (bicyclic) bond motifs is 1. The first-order valence-electron chi connectivity index (χ1n) is 10.1. The molecule has 4 amide bonds. The lowest BCUT2D eigenvalue weighted by Crippen LogP contribution is -2.65. The zero-order valence-corrected chi connectivity index (χ0v) is 18.2. The molecule has 0 spiro atoms. The molecule has 2 saturated heterocycles. The van der Waals surface area contributed by atoms with Gasteiger partial charge in [-0.05, 0) is 40.5 Å². The second-order valence-corrected chi connectivity index (χ2v) is 8.81. The van der Waals surface area contributed by atoms with Crippen molar-refractivity contribution in [2.24, 2.45) is 4.99 Å². The Bertz CT molecular complexity index is 823. The summed E-state index contributed by atoms with van der Waals surface area (Å²) in [6, 6.07) is -1.33. The highest BCUT2D eigenvalue weighted by Crippen LogP contribution is 2.29. The highest BCUT2D eigenvalue weighted by Gasteiger charge is 2.50. The Morgan fingerprint density at radius 2 is 2.07 bits per heavy atom. The summed E-state index contributed by atoms with van der Waals surface area (Å²) in [6.07, 6.45) is -0.0191. The van der Waals surface area contributed by atoms with Crippen molar-refractivity contribution in [3.05, 3.63) is 0 Å². The van der Waals surface area contributed by atoms with Crippen LogP contribution in [0.5, 0.6) is 0 Å². The SMILES string of the molecule is CC#CCN1C(N2CCC[C@@H](N(C(=O)O)C(C)(C)C)C2)=NC2C1C(=O)NC(=O)N2C. The molecule has 0 aromatic carbocycles. The Kier molecular flexibility index (Phi) is 5.83. The number of imide groups is 1. The fourth-order valence-corrected chi connectivity index (χ4v) is 4.45. The largest absolute Gasteiger partial charge is 0.465 e. The summed E-state index contributed by atoms with van der Waals surface area (Å²) in [4.78, 5) is 48.1. The summed E-state index contributed by atoms with van der Waals surface area (Å²) in [7, 11) is 1.61. The first kappa shape index (κ1) is 21.7. The quantitative estimate of drug-likeness (QED) is 0.642. The molecule has 0 radical (unpaired) electrons. The minimum absolute atomic E-state index is 0.200. The van der Waals surface area contributed by atoms with Gasteiger partial charge in [-0.3, -0.25) is 15.0 Å². The number of likely N-dealkylation sites (N-methyl/N-ethyl adjacent to an activating group) is 1. The lowest BCUT2D eigenvalue weighted by atomic mass is 9.98. The van der Waals surface area contributed by atoms with E-state index < -0.39 is 35.8 Å². The average molecular weight is 418 g/mol. The van der Waals surface area contributed by atoms with Crippen molar-refractivity contribution >= 4 is 24.0 Å². The average Bonchev–Trinajstić information content (AvgIpc) is 3.03. The summed E-state index contributed by atoms with van der Waals surface area (Å²) < 4.78 is 0. The number of nitrogens with zero attached hydrogens (tertiary/aromatic N) is 5. The maximum Gasteiger partial charge on any atom is 0.408 e. The number of piperidine rings is 1. The smallest absolute Gasteiger partial charge is 0.408 e. The number of hydrogen-bond acceptors (Lipinski definition) is 6. The third-order valence-corrected chi connectivity index (χ3v) is 5.74. The number of rotatable bonds is 2. The maximum absolute atomic E-state index is 12.6. The van der Waals surface area contributed by atoms with Gasteiger partial charge in [0.05, 0.1) is 12.6 Å². The van der Waals surface area contributed by atoms with E-state index in [1.54, 1.807) is 14.0 Å². The Morgan fingerprint density at radius 1 is 1.37 bits per heavy atom. The van der Waals surface area contributed by atoms with Gasteiger partial charge in [-0.25, -0.2) is 14.6 Å². The monoisotopic (exact) mass is 418 g/mol. The van der Waals surface area contributed by atoms with Crippen molar-refractivity contribution in [3.63, 3.8) is 0 Å². The molecular weight excluding hydrogens is 388 g/mol. The number of nitrogens with one attached hydrogen (secondary N) is 1. The Morgan fingerprint density at radius 3 is 2.67 bits per heavy atom. The van der Waals surface area contributed by atoms with Crippen molar-refractivity contribution in [1.29, 1.82) is 0 Å². The number of hydrogen-bond donors (Lipinski definition) is 2. The van der Waals surface area contributed by atoms with Crippen molar-refractivity contribution in [2.45, 2.75) is 64.3 Å². The van der Waals surface area contributed by atoms with Gasteiger partial charge in [-0.1, -0.05) is 5.92 Å². The van der Waals surface area contributed by atoms with Crippen LogP contribution in [0.1, 0.15) is 40.5 Å². The van der Waals surface area contributed by atoms with Crippen LogP contribution in [0.25, 0.3) is 0 Å². The number of aliphatic imine (C=N–C) groups is 1. The molecule has 10 nitrogen and oxygen atoms in total. The number of carbonyl (C=O) groups is 3. The minimum atomic E-state index is -0.949. The van der Waals surface area contributed by atoms with Crippen LogP contribution in [0.4, 0.5) is 9.59 Å². The van der Waals surface area contributed by atoms with Crippen LogP contribution in [0.2, 0.25) is 0 Å². The summed E-state index contributed by atoms with van der Waals surface area (Å²) in [5.41, 5.74) is -0.537. The molecule has 2 unspecified atom stereocenters. The molecule has 164 valence electrons. The predicted octanol–water partition coefficient (Wildman–Crippen LogP) is 0.801. The molecular formula is C20H30N6O4. The van der Waals surface area contributed by atoms with Gasteiger partial charge >= 0.3 is 12.1 Å². The Labute approximate surface area is 176 Å². The second kappa shape index (κ2) is 8.05. The highest BCUT2D eigenvalue weighted by atomic mass is 16.4. The van der Waals surface area contributed by atoms with Gasteiger partial charge in [-0.2, -0.15) is 0 Å². The van der Waals surface area contributed by atoms with E-state index in [2.05, 4.69) is 17.2 Å². The van der Waals surface area contributed by atoms with E-state index in [1.807, 2.05) is 30.6 Å². The van der Waals surface area contributed by atoms with Gasteiger partial charge in [0.1, 0.15) is 0 Å². The number of carbonyl (C=O) groups excluding carboxylic acids is 2. The van der Waals surface area contributed by atoms with Crippen LogP contribution in [0.15, 0.2) is 4.99 Å². The summed E-state index contributed by atoms with van der Waals surface area (Å²) in [5, 5.41) is 12.2.